The summed E-state index contributed by atoms with van der Waals surface area (Å²) in [5.41, 5.74) is 0.277. The average molecular weight is 314 g/mol. The highest BCUT2D eigenvalue weighted by molar-refractivity contribution is 7.89. The van der Waals surface area contributed by atoms with E-state index in [0.717, 1.165) is 12.8 Å². The van der Waals surface area contributed by atoms with Gasteiger partial charge in [-0.15, -0.1) is 0 Å². The Labute approximate surface area is 124 Å². The summed E-state index contributed by atoms with van der Waals surface area (Å²) in [7, 11) is -1.65. The first-order valence-electron chi connectivity index (χ1n) is 6.36. The van der Waals surface area contributed by atoms with Gasteiger partial charge >= 0.3 is 0 Å². The van der Waals surface area contributed by atoms with Crippen LogP contribution in [0.15, 0.2) is 23.1 Å². The Balaban J connectivity index is 2.23. The van der Waals surface area contributed by atoms with Crippen LogP contribution in [0.5, 0.6) is 0 Å². The van der Waals surface area contributed by atoms with Crippen LogP contribution in [0.2, 0.25) is 5.02 Å². The normalized spacial score (nSPS) is 17.9. The van der Waals surface area contributed by atoms with Crippen LogP contribution in [0.4, 0.5) is 0 Å². The Morgan fingerprint density at radius 2 is 2.05 bits per heavy atom. The van der Waals surface area contributed by atoms with Gasteiger partial charge in [0.15, 0.2) is 0 Å². The molecule has 1 aliphatic rings. The molecule has 0 unspecified atom stereocenters. The third kappa shape index (κ3) is 2.96. The average Bonchev–Trinajstić information content (AvgIpc) is 2.47. The van der Waals surface area contributed by atoms with Gasteiger partial charge < -0.3 is 5.32 Å². The smallest absolute Gasteiger partial charge is 0.243 e. The Bertz CT molecular complexity index is 632. The van der Waals surface area contributed by atoms with Crippen molar-refractivity contribution in [2.75, 3.05) is 20.1 Å². The second-order valence-electron chi connectivity index (χ2n) is 4.72. The van der Waals surface area contributed by atoms with E-state index in [4.69, 9.17) is 16.9 Å². The first-order valence-corrected chi connectivity index (χ1v) is 8.18. The summed E-state index contributed by atoms with van der Waals surface area (Å²) in [6.45, 7) is 0.983. The maximum absolute atomic E-state index is 12.5. The summed E-state index contributed by atoms with van der Waals surface area (Å²) in [5.74, 6) is 0. The standard InChI is InChI=1S/C13H16ClN3O2S/c1-16-11-4-6-17(7-5-11)20(18,19)12-3-2-10(9-15)13(14)8-12/h2-3,8,11,16H,4-7H2,1H3. The van der Waals surface area contributed by atoms with Crippen molar-refractivity contribution >= 4 is 21.6 Å². The monoisotopic (exact) mass is 313 g/mol. The first kappa shape index (κ1) is 15.3. The van der Waals surface area contributed by atoms with E-state index in [2.05, 4.69) is 5.32 Å². The molecule has 1 aromatic carbocycles. The molecule has 1 N–H and O–H groups in total. The number of nitriles is 1. The molecular weight excluding hydrogens is 298 g/mol. The Morgan fingerprint density at radius 3 is 2.55 bits per heavy atom. The molecule has 0 aliphatic carbocycles. The van der Waals surface area contributed by atoms with Gasteiger partial charge in [-0.1, -0.05) is 11.6 Å². The SMILES string of the molecule is CNC1CCN(S(=O)(=O)c2ccc(C#N)c(Cl)c2)CC1. The van der Waals surface area contributed by atoms with Crippen LogP contribution in [-0.2, 0) is 10.0 Å². The second kappa shape index (κ2) is 6.10. The van der Waals surface area contributed by atoms with E-state index in [-0.39, 0.29) is 15.5 Å². The van der Waals surface area contributed by atoms with Crippen molar-refractivity contribution in [1.29, 1.82) is 5.26 Å². The molecule has 0 amide bonds. The molecule has 0 spiro atoms. The molecule has 0 bridgehead atoms. The predicted molar refractivity (Wildman–Crippen MR) is 77.0 cm³/mol. The fraction of sp³-hybridized carbons (Fsp3) is 0.462. The number of benzene rings is 1. The van der Waals surface area contributed by atoms with Crippen LogP contribution in [-0.4, -0.2) is 38.9 Å². The van der Waals surface area contributed by atoms with Crippen LogP contribution in [0, 0.1) is 11.3 Å². The molecule has 1 heterocycles. The fourth-order valence-electron chi connectivity index (χ4n) is 2.28. The molecule has 0 aromatic heterocycles. The zero-order valence-corrected chi connectivity index (χ0v) is 12.7. The Morgan fingerprint density at radius 1 is 1.40 bits per heavy atom. The highest BCUT2D eigenvalue weighted by Crippen LogP contribution is 2.25. The van der Waals surface area contributed by atoms with Crippen molar-refractivity contribution < 1.29 is 8.42 Å². The van der Waals surface area contributed by atoms with E-state index < -0.39 is 10.0 Å². The molecule has 1 saturated heterocycles. The lowest BCUT2D eigenvalue weighted by molar-refractivity contribution is 0.298. The fourth-order valence-corrected chi connectivity index (χ4v) is 4.06. The number of nitrogens with one attached hydrogen (secondary N) is 1. The number of hydrogen-bond donors (Lipinski definition) is 1. The molecule has 108 valence electrons. The zero-order chi connectivity index (χ0) is 14.8. The van der Waals surface area contributed by atoms with E-state index in [9.17, 15) is 8.42 Å². The van der Waals surface area contributed by atoms with Crippen molar-refractivity contribution in [3.05, 3.63) is 28.8 Å². The summed E-state index contributed by atoms with van der Waals surface area (Å²) in [6.07, 6.45) is 1.58. The predicted octanol–water partition coefficient (Wildman–Crippen LogP) is 1.58. The van der Waals surface area contributed by atoms with Gasteiger partial charge in [0, 0.05) is 19.1 Å². The van der Waals surface area contributed by atoms with Crippen molar-refractivity contribution in [3.63, 3.8) is 0 Å². The van der Waals surface area contributed by atoms with Crippen LogP contribution in [0.1, 0.15) is 18.4 Å². The number of halogens is 1. The topological polar surface area (TPSA) is 73.2 Å². The van der Waals surface area contributed by atoms with E-state index >= 15 is 0 Å². The van der Waals surface area contributed by atoms with Gasteiger partial charge in [0.1, 0.15) is 6.07 Å². The van der Waals surface area contributed by atoms with E-state index in [0.29, 0.717) is 19.1 Å². The van der Waals surface area contributed by atoms with Crippen LogP contribution < -0.4 is 5.32 Å². The molecule has 7 heteroatoms. The number of piperidine rings is 1. The largest absolute Gasteiger partial charge is 0.317 e. The molecule has 1 fully saturated rings. The van der Waals surface area contributed by atoms with Gasteiger partial charge in [-0.2, -0.15) is 9.57 Å². The zero-order valence-electron chi connectivity index (χ0n) is 11.1. The van der Waals surface area contributed by atoms with E-state index in [1.165, 1.54) is 22.5 Å². The van der Waals surface area contributed by atoms with Gasteiger partial charge in [0.2, 0.25) is 10.0 Å². The molecule has 0 atom stereocenters. The molecular formula is C13H16ClN3O2S. The van der Waals surface area contributed by atoms with Crippen LogP contribution >= 0.6 is 11.6 Å². The van der Waals surface area contributed by atoms with Gasteiger partial charge in [0.25, 0.3) is 0 Å². The molecule has 0 radical (unpaired) electrons. The molecule has 5 nitrogen and oxygen atoms in total. The van der Waals surface area contributed by atoms with Gasteiger partial charge in [-0.3, -0.25) is 0 Å². The van der Waals surface area contributed by atoms with E-state index in [1.54, 1.807) is 0 Å². The van der Waals surface area contributed by atoms with Crippen molar-refractivity contribution in [2.45, 2.75) is 23.8 Å². The van der Waals surface area contributed by atoms with Crippen molar-refractivity contribution in [2.24, 2.45) is 0 Å². The highest BCUT2D eigenvalue weighted by Gasteiger charge is 2.29. The van der Waals surface area contributed by atoms with Crippen molar-refractivity contribution in [3.8, 4) is 6.07 Å². The van der Waals surface area contributed by atoms with Crippen LogP contribution in [0.3, 0.4) is 0 Å². The van der Waals surface area contributed by atoms with Gasteiger partial charge in [0.05, 0.1) is 15.5 Å². The summed E-state index contributed by atoms with van der Waals surface area (Å²) >= 11 is 5.90. The summed E-state index contributed by atoms with van der Waals surface area (Å²) in [5, 5.41) is 12.1. The third-order valence-electron chi connectivity index (χ3n) is 3.56. The number of rotatable bonds is 3. The highest BCUT2D eigenvalue weighted by atomic mass is 35.5. The maximum atomic E-state index is 12.5. The first-order chi connectivity index (χ1) is 9.48. The lowest BCUT2D eigenvalue weighted by atomic mass is 10.1. The maximum Gasteiger partial charge on any atom is 0.243 e. The minimum absolute atomic E-state index is 0.143. The lowest BCUT2D eigenvalue weighted by Gasteiger charge is -2.31. The molecule has 0 saturated carbocycles. The molecule has 20 heavy (non-hydrogen) atoms. The van der Waals surface area contributed by atoms with E-state index in [1.807, 2.05) is 13.1 Å². The van der Waals surface area contributed by atoms with Crippen molar-refractivity contribution in [1.82, 2.24) is 9.62 Å². The molecule has 1 aliphatic heterocycles. The summed E-state index contributed by atoms with van der Waals surface area (Å²) in [6, 6.07) is 6.51. The molecule has 1 aromatic rings. The summed E-state index contributed by atoms with van der Waals surface area (Å²) in [4.78, 5) is 0.143. The molecule has 2 rings (SSSR count). The number of hydrogen-bond acceptors (Lipinski definition) is 4. The quantitative estimate of drug-likeness (QED) is 0.919. The third-order valence-corrected chi connectivity index (χ3v) is 5.77. The minimum atomic E-state index is -3.53. The van der Waals surface area contributed by atoms with Crippen LogP contribution in [0.25, 0.3) is 0 Å². The minimum Gasteiger partial charge on any atom is -0.317 e. The lowest BCUT2D eigenvalue weighted by Crippen LogP contribution is -2.43. The number of nitrogens with zero attached hydrogens (tertiary/aromatic N) is 2. The van der Waals surface area contributed by atoms with Gasteiger partial charge in [-0.25, -0.2) is 8.42 Å². The number of sulfonamides is 1. The van der Waals surface area contributed by atoms with Gasteiger partial charge in [-0.05, 0) is 38.1 Å². The Kier molecular flexibility index (Phi) is 4.66. The summed E-state index contributed by atoms with van der Waals surface area (Å²) < 4.78 is 26.5. The second-order valence-corrected chi connectivity index (χ2v) is 7.07. The Hall–Kier alpha value is -1.13.